The zero-order chi connectivity index (χ0) is 10.0. The van der Waals surface area contributed by atoms with Gasteiger partial charge in [0.15, 0.2) is 0 Å². The lowest BCUT2D eigenvalue weighted by Gasteiger charge is -2.35. The zero-order valence-electron chi connectivity index (χ0n) is 9.25. The molecule has 0 bridgehead atoms. The highest BCUT2D eigenvalue weighted by molar-refractivity contribution is 5.01. The Kier molecular flexibility index (Phi) is 3.40. The zero-order valence-corrected chi connectivity index (χ0v) is 9.25. The van der Waals surface area contributed by atoms with E-state index in [0.29, 0.717) is 17.6 Å². The van der Waals surface area contributed by atoms with Gasteiger partial charge < -0.3 is 5.11 Å². The van der Waals surface area contributed by atoms with Gasteiger partial charge in [0.1, 0.15) is 0 Å². The van der Waals surface area contributed by atoms with Crippen LogP contribution in [0.15, 0.2) is 11.8 Å². The molecule has 76 valence electrons. The van der Waals surface area contributed by atoms with Crippen LogP contribution in [-0.2, 0) is 0 Å². The standard InChI is InChI=1S/C12H22O/c1-8(2)11-6-5-10(13)7-12(11)9(3)4/h5,8-9,11-13H,6-7H2,1-4H3. The predicted molar refractivity (Wildman–Crippen MR) is 56.6 cm³/mol. The van der Waals surface area contributed by atoms with Crippen molar-refractivity contribution in [1.29, 1.82) is 0 Å². The second-order valence-corrected chi connectivity index (χ2v) is 4.95. The smallest absolute Gasteiger partial charge is 0.0885 e. The van der Waals surface area contributed by atoms with Crippen LogP contribution in [0, 0.1) is 23.7 Å². The first kappa shape index (κ1) is 10.6. The van der Waals surface area contributed by atoms with Gasteiger partial charge in [-0.2, -0.15) is 0 Å². The van der Waals surface area contributed by atoms with Crippen molar-refractivity contribution < 1.29 is 5.11 Å². The molecule has 2 atom stereocenters. The Hall–Kier alpha value is -0.460. The molecule has 0 aromatic carbocycles. The minimum atomic E-state index is 0.607. The summed E-state index contributed by atoms with van der Waals surface area (Å²) in [7, 11) is 0. The van der Waals surface area contributed by atoms with Crippen LogP contribution in [0.2, 0.25) is 0 Å². The molecule has 0 saturated carbocycles. The highest BCUT2D eigenvalue weighted by Crippen LogP contribution is 2.38. The van der Waals surface area contributed by atoms with Crippen LogP contribution in [0.1, 0.15) is 40.5 Å². The van der Waals surface area contributed by atoms with Crippen molar-refractivity contribution in [1.82, 2.24) is 0 Å². The van der Waals surface area contributed by atoms with Gasteiger partial charge in [0, 0.05) is 6.42 Å². The van der Waals surface area contributed by atoms with Gasteiger partial charge in [0.2, 0.25) is 0 Å². The number of allylic oxidation sites excluding steroid dienone is 2. The number of hydrogen-bond donors (Lipinski definition) is 1. The van der Waals surface area contributed by atoms with Gasteiger partial charge in [-0.25, -0.2) is 0 Å². The summed E-state index contributed by atoms with van der Waals surface area (Å²) in [5.74, 6) is 3.46. The van der Waals surface area contributed by atoms with Crippen LogP contribution in [0.3, 0.4) is 0 Å². The molecular formula is C12H22O. The van der Waals surface area contributed by atoms with Crippen LogP contribution < -0.4 is 0 Å². The van der Waals surface area contributed by atoms with E-state index in [1.54, 1.807) is 0 Å². The largest absolute Gasteiger partial charge is 0.513 e. The van der Waals surface area contributed by atoms with Crippen molar-refractivity contribution in [3.05, 3.63) is 11.8 Å². The number of aliphatic hydroxyl groups excluding tert-OH is 1. The lowest BCUT2D eigenvalue weighted by atomic mass is 9.71. The maximum absolute atomic E-state index is 9.49. The average molecular weight is 182 g/mol. The van der Waals surface area contributed by atoms with E-state index in [9.17, 15) is 5.11 Å². The van der Waals surface area contributed by atoms with Crippen LogP contribution in [0.25, 0.3) is 0 Å². The molecule has 0 spiro atoms. The van der Waals surface area contributed by atoms with Crippen molar-refractivity contribution in [3.63, 3.8) is 0 Å². The monoisotopic (exact) mass is 182 g/mol. The molecule has 0 aromatic heterocycles. The molecule has 1 rings (SSSR count). The molecular weight excluding hydrogens is 160 g/mol. The highest BCUT2D eigenvalue weighted by Gasteiger charge is 2.29. The summed E-state index contributed by atoms with van der Waals surface area (Å²) >= 11 is 0. The molecule has 1 aliphatic rings. The topological polar surface area (TPSA) is 20.2 Å². The highest BCUT2D eigenvalue weighted by atomic mass is 16.3. The summed E-state index contributed by atoms with van der Waals surface area (Å²) in [5, 5.41) is 9.49. The summed E-state index contributed by atoms with van der Waals surface area (Å²) in [5.41, 5.74) is 0. The second kappa shape index (κ2) is 4.17. The summed E-state index contributed by atoms with van der Waals surface area (Å²) in [6.07, 6.45) is 3.95. The number of aliphatic hydroxyl groups is 1. The Morgan fingerprint density at radius 2 is 1.69 bits per heavy atom. The third-order valence-corrected chi connectivity index (χ3v) is 3.33. The minimum absolute atomic E-state index is 0.607. The van der Waals surface area contributed by atoms with Crippen LogP contribution in [-0.4, -0.2) is 5.11 Å². The van der Waals surface area contributed by atoms with Crippen molar-refractivity contribution >= 4 is 0 Å². The number of rotatable bonds is 2. The molecule has 0 heterocycles. The molecule has 1 nitrogen and oxygen atoms in total. The molecule has 0 fully saturated rings. The van der Waals surface area contributed by atoms with Crippen molar-refractivity contribution in [2.75, 3.05) is 0 Å². The maximum atomic E-state index is 9.49. The third kappa shape index (κ3) is 2.49. The predicted octanol–water partition coefficient (Wildman–Crippen LogP) is 3.77. The lowest BCUT2D eigenvalue weighted by Crippen LogP contribution is -2.27. The van der Waals surface area contributed by atoms with Gasteiger partial charge in [0.25, 0.3) is 0 Å². The summed E-state index contributed by atoms with van der Waals surface area (Å²) < 4.78 is 0. The average Bonchev–Trinajstić information content (AvgIpc) is 2.03. The van der Waals surface area contributed by atoms with E-state index in [4.69, 9.17) is 0 Å². The Bertz CT molecular complexity index is 191. The van der Waals surface area contributed by atoms with E-state index in [1.807, 2.05) is 6.08 Å². The van der Waals surface area contributed by atoms with Gasteiger partial charge in [0.05, 0.1) is 5.76 Å². The van der Waals surface area contributed by atoms with Gasteiger partial charge in [-0.1, -0.05) is 27.7 Å². The van der Waals surface area contributed by atoms with Crippen molar-refractivity contribution in [3.8, 4) is 0 Å². The first-order valence-electron chi connectivity index (χ1n) is 5.40. The maximum Gasteiger partial charge on any atom is 0.0885 e. The van der Waals surface area contributed by atoms with E-state index in [1.165, 1.54) is 0 Å². The molecule has 0 aromatic rings. The normalized spacial score (nSPS) is 29.5. The Morgan fingerprint density at radius 1 is 1.15 bits per heavy atom. The lowest BCUT2D eigenvalue weighted by molar-refractivity contribution is 0.160. The van der Waals surface area contributed by atoms with Gasteiger partial charge in [-0.3, -0.25) is 0 Å². The molecule has 2 unspecified atom stereocenters. The Balaban J connectivity index is 2.72. The van der Waals surface area contributed by atoms with E-state index in [2.05, 4.69) is 27.7 Å². The van der Waals surface area contributed by atoms with Gasteiger partial charge in [-0.15, -0.1) is 0 Å². The summed E-state index contributed by atoms with van der Waals surface area (Å²) in [6, 6.07) is 0. The van der Waals surface area contributed by atoms with Gasteiger partial charge >= 0.3 is 0 Å². The molecule has 0 amide bonds. The van der Waals surface area contributed by atoms with Crippen molar-refractivity contribution in [2.24, 2.45) is 23.7 Å². The minimum Gasteiger partial charge on any atom is -0.513 e. The first-order chi connectivity index (χ1) is 6.02. The Morgan fingerprint density at radius 3 is 2.15 bits per heavy atom. The molecule has 0 saturated heterocycles. The van der Waals surface area contributed by atoms with Crippen LogP contribution in [0.4, 0.5) is 0 Å². The van der Waals surface area contributed by atoms with E-state index in [0.717, 1.165) is 24.7 Å². The molecule has 0 radical (unpaired) electrons. The van der Waals surface area contributed by atoms with E-state index < -0.39 is 0 Å². The summed E-state index contributed by atoms with van der Waals surface area (Å²) in [4.78, 5) is 0. The first-order valence-corrected chi connectivity index (χ1v) is 5.40. The SMILES string of the molecule is CC(C)C1CC=C(O)CC1C(C)C. The molecule has 13 heavy (non-hydrogen) atoms. The molecule has 1 N–H and O–H groups in total. The third-order valence-electron chi connectivity index (χ3n) is 3.33. The Labute approximate surface area is 81.9 Å². The summed E-state index contributed by atoms with van der Waals surface area (Å²) in [6.45, 7) is 9.10. The fourth-order valence-corrected chi connectivity index (χ4v) is 2.42. The molecule has 1 heteroatoms. The van der Waals surface area contributed by atoms with E-state index in [-0.39, 0.29) is 0 Å². The van der Waals surface area contributed by atoms with Crippen LogP contribution in [0.5, 0.6) is 0 Å². The van der Waals surface area contributed by atoms with Crippen molar-refractivity contribution in [2.45, 2.75) is 40.5 Å². The second-order valence-electron chi connectivity index (χ2n) is 4.95. The van der Waals surface area contributed by atoms with E-state index >= 15 is 0 Å². The quantitative estimate of drug-likeness (QED) is 0.689. The molecule has 1 aliphatic carbocycles. The van der Waals surface area contributed by atoms with Crippen LogP contribution >= 0.6 is 0 Å². The number of hydrogen-bond acceptors (Lipinski definition) is 1. The fraction of sp³-hybridized carbons (Fsp3) is 0.833. The fourth-order valence-electron chi connectivity index (χ4n) is 2.42. The van der Waals surface area contributed by atoms with Gasteiger partial charge in [-0.05, 0) is 36.2 Å². The molecule has 0 aliphatic heterocycles.